The van der Waals surface area contributed by atoms with Gasteiger partial charge in [0, 0.05) is 12.8 Å². The molecule has 3 rings (SSSR count). The van der Waals surface area contributed by atoms with Crippen molar-refractivity contribution in [2.24, 2.45) is 16.9 Å². The first-order valence-corrected chi connectivity index (χ1v) is 10.0. The summed E-state index contributed by atoms with van der Waals surface area (Å²) in [5.74, 6) is -1.07. The molecule has 0 aromatic rings. The highest BCUT2D eigenvalue weighted by Crippen LogP contribution is 2.40. The molecule has 2 saturated carbocycles. The molecule has 3 fully saturated rings. The number of esters is 2. The lowest BCUT2D eigenvalue weighted by Gasteiger charge is -2.39. The van der Waals surface area contributed by atoms with Crippen molar-refractivity contribution in [2.75, 3.05) is 27.4 Å². The Balaban J connectivity index is 0.000000203. The molecule has 0 atom stereocenters. The number of methoxy groups -OCH3 is 2. The third-order valence-electron chi connectivity index (χ3n) is 6.40. The van der Waals surface area contributed by atoms with Gasteiger partial charge in [0.25, 0.3) is 0 Å². The second-order valence-corrected chi connectivity index (χ2v) is 9.07. The van der Waals surface area contributed by atoms with Crippen molar-refractivity contribution in [1.29, 1.82) is 0 Å². The normalized spacial score (nSPS) is 30.1. The van der Waals surface area contributed by atoms with E-state index in [9.17, 15) is 9.59 Å². The van der Waals surface area contributed by atoms with Crippen LogP contribution in [0.2, 0.25) is 0 Å². The summed E-state index contributed by atoms with van der Waals surface area (Å²) in [7, 11) is 2.76. The summed E-state index contributed by atoms with van der Waals surface area (Å²) < 4.78 is 20.5. The maximum absolute atomic E-state index is 11.5. The van der Waals surface area contributed by atoms with Crippen LogP contribution in [0.4, 0.5) is 0 Å². The van der Waals surface area contributed by atoms with Crippen molar-refractivity contribution in [3.8, 4) is 0 Å². The zero-order valence-electron chi connectivity index (χ0n) is 17.7. The number of carbonyl (C=O) groups is 2. The molecule has 0 aromatic carbocycles. The van der Waals surface area contributed by atoms with E-state index < -0.39 is 16.9 Å². The minimum atomic E-state index is -0.852. The van der Waals surface area contributed by atoms with Gasteiger partial charge in [0.2, 0.25) is 0 Å². The van der Waals surface area contributed by atoms with Crippen LogP contribution in [0.5, 0.6) is 0 Å². The fraction of sp³-hybridized carbons (Fsp3) is 0.900. The van der Waals surface area contributed by atoms with Crippen LogP contribution >= 0.6 is 0 Å². The average Bonchev–Trinajstić information content (AvgIpc) is 3.15. The number of hydrogen-bond acceptors (Lipinski definition) is 8. The van der Waals surface area contributed by atoms with Crippen molar-refractivity contribution in [1.82, 2.24) is 0 Å². The molecule has 0 radical (unpaired) electrons. The summed E-state index contributed by atoms with van der Waals surface area (Å²) in [6.45, 7) is 5.69. The van der Waals surface area contributed by atoms with Crippen LogP contribution in [0.25, 0.3) is 0 Å². The average molecular weight is 401 g/mol. The molecule has 1 spiro atoms. The summed E-state index contributed by atoms with van der Waals surface area (Å²) >= 11 is 0. The number of hydrogen-bond donors (Lipinski definition) is 2. The van der Waals surface area contributed by atoms with Gasteiger partial charge in [-0.05, 0) is 43.9 Å². The molecule has 162 valence electrons. The van der Waals surface area contributed by atoms with Crippen LogP contribution < -0.4 is 11.5 Å². The summed E-state index contributed by atoms with van der Waals surface area (Å²) in [6.07, 6.45) is 5.92. The Morgan fingerprint density at radius 3 is 1.43 bits per heavy atom. The maximum atomic E-state index is 11.5. The molecule has 3 aliphatic rings. The maximum Gasteiger partial charge on any atom is 0.325 e. The fourth-order valence-corrected chi connectivity index (χ4v) is 4.05. The third kappa shape index (κ3) is 5.23. The molecular weight excluding hydrogens is 364 g/mol. The van der Waals surface area contributed by atoms with Crippen LogP contribution in [-0.2, 0) is 28.5 Å². The van der Waals surface area contributed by atoms with Crippen LogP contribution in [0.3, 0.4) is 0 Å². The van der Waals surface area contributed by atoms with Crippen LogP contribution in [-0.4, -0.2) is 56.2 Å². The van der Waals surface area contributed by atoms with E-state index in [4.69, 9.17) is 30.4 Å². The van der Waals surface area contributed by atoms with E-state index in [1.807, 2.05) is 0 Å². The Labute approximate surface area is 167 Å². The number of carbonyl (C=O) groups excluding carboxylic acids is 2. The van der Waals surface area contributed by atoms with E-state index >= 15 is 0 Å². The van der Waals surface area contributed by atoms with Gasteiger partial charge < -0.3 is 30.4 Å². The van der Waals surface area contributed by atoms with Gasteiger partial charge in [-0.2, -0.15) is 0 Å². The first kappa shape index (κ1) is 23.1. The van der Waals surface area contributed by atoms with Crippen molar-refractivity contribution < 1.29 is 28.5 Å². The Kier molecular flexibility index (Phi) is 7.12. The highest BCUT2D eigenvalue weighted by Gasteiger charge is 2.48. The van der Waals surface area contributed by atoms with Crippen molar-refractivity contribution in [3.63, 3.8) is 0 Å². The highest BCUT2D eigenvalue weighted by molar-refractivity contribution is 5.81. The molecule has 0 unspecified atom stereocenters. The molecule has 1 saturated heterocycles. The van der Waals surface area contributed by atoms with Gasteiger partial charge in [-0.25, -0.2) is 0 Å². The molecule has 2 aliphatic carbocycles. The van der Waals surface area contributed by atoms with Crippen molar-refractivity contribution in [2.45, 2.75) is 82.1 Å². The lowest BCUT2D eigenvalue weighted by Crippen LogP contribution is -2.54. The van der Waals surface area contributed by atoms with Crippen molar-refractivity contribution in [3.05, 3.63) is 0 Å². The van der Waals surface area contributed by atoms with E-state index in [0.717, 1.165) is 25.7 Å². The smallest absolute Gasteiger partial charge is 0.325 e. The lowest BCUT2D eigenvalue weighted by molar-refractivity contribution is -0.189. The van der Waals surface area contributed by atoms with Gasteiger partial charge >= 0.3 is 11.9 Å². The zero-order chi connectivity index (χ0) is 21.1. The summed E-state index contributed by atoms with van der Waals surface area (Å²) in [5.41, 5.74) is 10.7. The van der Waals surface area contributed by atoms with Gasteiger partial charge in [0.1, 0.15) is 11.1 Å². The standard InChI is InChI=1S/C10H17NO4.C10H19NO2/c1-13-8(12)9(11)2-4-10(5-3-9)14-6-7-15-10;1-9(2)4-6-10(11,7-5-9)8(12)13-3/h2-7,11H2,1H3;4-7,11H2,1-3H3. The number of rotatable bonds is 2. The topological polar surface area (TPSA) is 123 Å². The van der Waals surface area contributed by atoms with E-state index in [-0.39, 0.29) is 11.9 Å². The van der Waals surface area contributed by atoms with Crippen LogP contribution in [0, 0.1) is 5.41 Å². The van der Waals surface area contributed by atoms with Gasteiger partial charge in [0.05, 0.1) is 27.4 Å². The molecular formula is C20H36N2O6. The van der Waals surface area contributed by atoms with Crippen LogP contribution in [0.1, 0.15) is 65.2 Å². The Morgan fingerprint density at radius 2 is 1.07 bits per heavy atom. The SMILES string of the molecule is COC(=O)C1(N)CCC(C)(C)CC1.COC(=O)C1(N)CCC2(CC1)OCCO2. The zero-order valence-corrected chi connectivity index (χ0v) is 17.7. The fourth-order valence-electron chi connectivity index (χ4n) is 4.05. The summed E-state index contributed by atoms with van der Waals surface area (Å²) in [5, 5.41) is 0. The first-order valence-electron chi connectivity index (χ1n) is 10.0. The minimum Gasteiger partial charge on any atom is -0.468 e. The number of ether oxygens (including phenoxy) is 4. The molecule has 0 bridgehead atoms. The van der Waals surface area contributed by atoms with Gasteiger partial charge in [-0.3, -0.25) is 9.59 Å². The molecule has 0 aromatic heterocycles. The Hall–Kier alpha value is -1.22. The lowest BCUT2D eigenvalue weighted by atomic mass is 9.70. The predicted molar refractivity (Wildman–Crippen MR) is 103 cm³/mol. The first-order chi connectivity index (χ1) is 13.0. The van der Waals surface area contributed by atoms with Crippen LogP contribution in [0.15, 0.2) is 0 Å². The third-order valence-corrected chi connectivity index (χ3v) is 6.40. The molecule has 0 amide bonds. The molecule has 4 N–H and O–H groups in total. The Bertz CT molecular complexity index is 551. The molecule has 8 heteroatoms. The van der Waals surface area contributed by atoms with Gasteiger partial charge in [0.15, 0.2) is 5.79 Å². The summed E-state index contributed by atoms with van der Waals surface area (Å²) in [6, 6.07) is 0. The number of nitrogens with two attached hydrogens (primary N) is 2. The monoisotopic (exact) mass is 400 g/mol. The highest BCUT2D eigenvalue weighted by atomic mass is 16.7. The second kappa shape index (κ2) is 8.65. The van der Waals surface area contributed by atoms with E-state index in [1.54, 1.807) is 0 Å². The molecule has 1 aliphatic heterocycles. The predicted octanol–water partition coefficient (Wildman–Crippen LogP) is 1.63. The van der Waals surface area contributed by atoms with Crippen molar-refractivity contribution >= 4 is 11.9 Å². The molecule has 1 heterocycles. The quantitative estimate of drug-likeness (QED) is 0.671. The minimum absolute atomic E-state index is 0.261. The summed E-state index contributed by atoms with van der Waals surface area (Å²) in [4.78, 5) is 22.8. The Morgan fingerprint density at radius 1 is 0.714 bits per heavy atom. The van der Waals surface area contributed by atoms with E-state index in [1.165, 1.54) is 14.2 Å². The molecule has 8 nitrogen and oxygen atoms in total. The molecule has 28 heavy (non-hydrogen) atoms. The van der Waals surface area contributed by atoms with E-state index in [2.05, 4.69) is 13.8 Å². The van der Waals surface area contributed by atoms with Gasteiger partial charge in [-0.15, -0.1) is 0 Å². The van der Waals surface area contributed by atoms with Gasteiger partial charge in [-0.1, -0.05) is 13.8 Å². The van der Waals surface area contributed by atoms with E-state index in [0.29, 0.717) is 44.3 Å². The largest absolute Gasteiger partial charge is 0.468 e. The second-order valence-electron chi connectivity index (χ2n) is 9.07.